The number of benzene rings is 1. The van der Waals surface area contributed by atoms with Crippen molar-refractivity contribution in [3.63, 3.8) is 0 Å². The second-order valence-electron chi connectivity index (χ2n) is 4.50. The molecule has 0 unspecified atom stereocenters. The van der Waals surface area contributed by atoms with Crippen molar-refractivity contribution in [3.05, 3.63) is 58.5 Å². The maximum absolute atomic E-state index is 11.9. The first-order chi connectivity index (χ1) is 10.1. The molecule has 1 aromatic heterocycles. The highest BCUT2D eigenvalue weighted by Gasteiger charge is 2.18. The molecule has 1 aromatic carbocycles. The smallest absolute Gasteiger partial charge is 0.287 e. The van der Waals surface area contributed by atoms with E-state index in [1.165, 1.54) is 6.07 Å². The normalized spacial score (nSPS) is 11.7. The molecule has 21 heavy (non-hydrogen) atoms. The lowest BCUT2D eigenvalue weighted by atomic mass is 10.2. The van der Waals surface area contributed by atoms with Crippen molar-refractivity contribution in [2.45, 2.75) is 19.5 Å². The highest BCUT2D eigenvalue weighted by Crippen LogP contribution is 2.13. The van der Waals surface area contributed by atoms with Crippen LogP contribution in [0.2, 0.25) is 0 Å². The highest BCUT2D eigenvalue weighted by atomic mass is 79.9. The highest BCUT2D eigenvalue weighted by molar-refractivity contribution is 9.10. The molecule has 0 fully saturated rings. The molecule has 0 aliphatic carbocycles. The van der Waals surface area contributed by atoms with Crippen LogP contribution in [0, 0.1) is 0 Å². The van der Waals surface area contributed by atoms with Gasteiger partial charge in [-0.05, 0) is 40.5 Å². The minimum atomic E-state index is -0.648. The molecule has 110 valence electrons. The molecule has 0 saturated heterocycles. The minimum absolute atomic E-state index is 0.157. The fourth-order valence-corrected chi connectivity index (χ4v) is 2.01. The zero-order valence-electron chi connectivity index (χ0n) is 11.4. The lowest BCUT2D eigenvalue weighted by Crippen LogP contribution is -2.44. The van der Waals surface area contributed by atoms with Crippen LogP contribution in [0.1, 0.15) is 23.0 Å². The number of carbonyl (C=O) groups excluding carboxylic acids is 2. The van der Waals surface area contributed by atoms with Crippen LogP contribution in [0.4, 0.5) is 0 Å². The molecule has 2 aromatic rings. The van der Waals surface area contributed by atoms with Crippen molar-refractivity contribution in [2.24, 2.45) is 0 Å². The van der Waals surface area contributed by atoms with Crippen LogP contribution in [-0.4, -0.2) is 17.9 Å². The minimum Gasteiger partial charge on any atom is -0.444 e. The van der Waals surface area contributed by atoms with Gasteiger partial charge in [-0.3, -0.25) is 9.59 Å². The molecule has 2 N–H and O–H groups in total. The average molecular weight is 351 g/mol. The number of halogens is 1. The molecule has 2 rings (SSSR count). The summed E-state index contributed by atoms with van der Waals surface area (Å²) in [7, 11) is 0. The summed E-state index contributed by atoms with van der Waals surface area (Å²) in [6, 6.07) is 12.1. The van der Waals surface area contributed by atoms with E-state index < -0.39 is 11.9 Å². The predicted octanol–water partition coefficient (Wildman–Crippen LogP) is 2.48. The van der Waals surface area contributed by atoms with Gasteiger partial charge in [0.05, 0.1) is 0 Å². The van der Waals surface area contributed by atoms with Gasteiger partial charge in [0, 0.05) is 6.54 Å². The number of rotatable bonds is 5. The van der Waals surface area contributed by atoms with E-state index in [1.807, 2.05) is 30.3 Å². The Morgan fingerprint density at radius 3 is 2.52 bits per heavy atom. The number of amides is 2. The van der Waals surface area contributed by atoms with Gasteiger partial charge in [0.25, 0.3) is 5.91 Å². The molecule has 0 aliphatic heterocycles. The molecule has 0 aliphatic rings. The van der Waals surface area contributed by atoms with Gasteiger partial charge in [-0.2, -0.15) is 0 Å². The molecule has 5 nitrogen and oxygen atoms in total. The first-order valence-corrected chi connectivity index (χ1v) is 7.23. The van der Waals surface area contributed by atoms with Crippen LogP contribution in [0.15, 0.2) is 51.6 Å². The summed E-state index contributed by atoms with van der Waals surface area (Å²) in [4.78, 5) is 23.8. The maximum atomic E-state index is 11.9. The van der Waals surface area contributed by atoms with Gasteiger partial charge in [-0.1, -0.05) is 30.3 Å². The van der Waals surface area contributed by atoms with E-state index in [0.717, 1.165) is 5.56 Å². The summed E-state index contributed by atoms with van der Waals surface area (Å²) in [6.45, 7) is 2.04. The van der Waals surface area contributed by atoms with Gasteiger partial charge in [0.15, 0.2) is 10.4 Å². The van der Waals surface area contributed by atoms with E-state index in [9.17, 15) is 9.59 Å². The van der Waals surface area contributed by atoms with E-state index in [4.69, 9.17) is 4.42 Å². The fraction of sp³-hybridized carbons (Fsp3) is 0.200. The van der Waals surface area contributed by atoms with Crippen molar-refractivity contribution in [1.82, 2.24) is 10.6 Å². The molecular formula is C15H15BrN2O3. The Hall–Kier alpha value is -2.08. The Morgan fingerprint density at radius 1 is 1.19 bits per heavy atom. The number of nitrogens with one attached hydrogen (secondary N) is 2. The van der Waals surface area contributed by atoms with E-state index in [2.05, 4.69) is 26.6 Å². The SMILES string of the molecule is C[C@H](NC(=O)c1ccc(Br)o1)C(=O)NCc1ccccc1. The maximum Gasteiger partial charge on any atom is 0.287 e. The number of hydrogen-bond donors (Lipinski definition) is 2. The van der Waals surface area contributed by atoms with Gasteiger partial charge in [0.2, 0.25) is 5.91 Å². The molecule has 0 bridgehead atoms. The van der Waals surface area contributed by atoms with Crippen LogP contribution in [-0.2, 0) is 11.3 Å². The van der Waals surface area contributed by atoms with E-state index >= 15 is 0 Å². The van der Waals surface area contributed by atoms with Gasteiger partial charge in [0.1, 0.15) is 6.04 Å². The lowest BCUT2D eigenvalue weighted by Gasteiger charge is -2.13. The Labute approximate surface area is 130 Å². The lowest BCUT2D eigenvalue weighted by molar-refractivity contribution is -0.122. The molecular weight excluding hydrogens is 336 g/mol. The standard InChI is InChI=1S/C15H15BrN2O3/c1-10(18-15(20)12-7-8-13(16)21-12)14(19)17-9-11-5-3-2-4-6-11/h2-8,10H,9H2,1H3,(H,17,19)(H,18,20)/t10-/m0/s1. The Morgan fingerprint density at radius 2 is 1.90 bits per heavy atom. The van der Waals surface area contributed by atoms with E-state index in [1.54, 1.807) is 13.0 Å². The Balaban J connectivity index is 1.83. The van der Waals surface area contributed by atoms with Crippen LogP contribution in [0.5, 0.6) is 0 Å². The first-order valence-electron chi connectivity index (χ1n) is 6.44. The van der Waals surface area contributed by atoms with E-state index in [-0.39, 0.29) is 11.7 Å². The third kappa shape index (κ3) is 4.46. The van der Waals surface area contributed by atoms with Gasteiger partial charge >= 0.3 is 0 Å². The third-order valence-corrected chi connectivity index (χ3v) is 3.27. The Bertz CT molecular complexity index is 625. The third-order valence-electron chi connectivity index (χ3n) is 2.85. The summed E-state index contributed by atoms with van der Waals surface area (Å²) in [5.41, 5.74) is 0.999. The molecule has 2 amide bonds. The zero-order valence-corrected chi connectivity index (χ0v) is 13.0. The largest absolute Gasteiger partial charge is 0.444 e. The van der Waals surface area contributed by atoms with Gasteiger partial charge in [-0.25, -0.2) is 0 Å². The van der Waals surface area contributed by atoms with Gasteiger partial charge in [-0.15, -0.1) is 0 Å². The van der Waals surface area contributed by atoms with Crippen LogP contribution in [0.25, 0.3) is 0 Å². The molecule has 1 heterocycles. The molecule has 0 spiro atoms. The first kappa shape index (κ1) is 15.3. The van der Waals surface area contributed by atoms with Crippen LogP contribution < -0.4 is 10.6 Å². The molecule has 0 saturated carbocycles. The summed E-state index contributed by atoms with van der Waals surface area (Å²) in [6.07, 6.45) is 0. The summed E-state index contributed by atoms with van der Waals surface area (Å²) < 4.78 is 5.59. The fourth-order valence-electron chi connectivity index (χ4n) is 1.71. The number of hydrogen-bond acceptors (Lipinski definition) is 3. The van der Waals surface area contributed by atoms with Crippen LogP contribution >= 0.6 is 15.9 Å². The predicted molar refractivity (Wildman–Crippen MR) is 81.6 cm³/mol. The zero-order chi connectivity index (χ0) is 15.2. The summed E-state index contributed by atoms with van der Waals surface area (Å²) in [5.74, 6) is -0.523. The molecule has 1 atom stereocenters. The Kier molecular flexibility index (Phi) is 5.16. The van der Waals surface area contributed by atoms with Crippen molar-refractivity contribution in [1.29, 1.82) is 0 Å². The van der Waals surface area contributed by atoms with Crippen molar-refractivity contribution < 1.29 is 14.0 Å². The quantitative estimate of drug-likeness (QED) is 0.869. The van der Waals surface area contributed by atoms with E-state index in [0.29, 0.717) is 11.2 Å². The summed E-state index contributed by atoms with van der Waals surface area (Å²) in [5, 5.41) is 5.35. The van der Waals surface area contributed by atoms with Crippen molar-refractivity contribution >= 4 is 27.7 Å². The second-order valence-corrected chi connectivity index (χ2v) is 5.28. The topological polar surface area (TPSA) is 71.3 Å². The number of carbonyl (C=O) groups is 2. The van der Waals surface area contributed by atoms with Crippen molar-refractivity contribution in [2.75, 3.05) is 0 Å². The van der Waals surface area contributed by atoms with Gasteiger partial charge < -0.3 is 15.1 Å². The molecule has 0 radical (unpaired) electrons. The molecule has 6 heteroatoms. The number of furan rings is 1. The monoisotopic (exact) mass is 350 g/mol. The average Bonchev–Trinajstić information content (AvgIpc) is 2.92. The van der Waals surface area contributed by atoms with Crippen molar-refractivity contribution in [3.8, 4) is 0 Å². The van der Waals surface area contributed by atoms with Crippen LogP contribution in [0.3, 0.4) is 0 Å². The second kappa shape index (κ2) is 7.08. The summed E-state index contributed by atoms with van der Waals surface area (Å²) >= 11 is 3.12.